The molecule has 1 saturated heterocycles. The molecule has 0 saturated carbocycles. The molecule has 1 aromatic heterocycles. The average Bonchev–Trinajstić information content (AvgIpc) is 3.18. The number of ether oxygens (including phenoxy) is 1. The Balaban J connectivity index is 0.00000264. The van der Waals surface area contributed by atoms with E-state index in [1.165, 1.54) is 6.42 Å². The van der Waals surface area contributed by atoms with Gasteiger partial charge in [0.15, 0.2) is 5.96 Å². The van der Waals surface area contributed by atoms with Gasteiger partial charge in [-0.3, -0.25) is 4.99 Å². The van der Waals surface area contributed by atoms with Crippen molar-refractivity contribution in [1.29, 1.82) is 0 Å². The van der Waals surface area contributed by atoms with Crippen molar-refractivity contribution >= 4 is 29.9 Å². The average molecular weight is 436 g/mol. The van der Waals surface area contributed by atoms with Crippen LogP contribution in [0.4, 0.5) is 0 Å². The topological polar surface area (TPSA) is 67.6 Å². The second-order valence-electron chi connectivity index (χ2n) is 5.70. The van der Waals surface area contributed by atoms with Gasteiger partial charge in [0, 0.05) is 45.8 Å². The fourth-order valence-corrected chi connectivity index (χ4v) is 2.75. The maximum Gasteiger partial charge on any atom is 0.193 e. The summed E-state index contributed by atoms with van der Waals surface area (Å²) < 4.78 is 7.27. The van der Waals surface area contributed by atoms with Gasteiger partial charge in [0.2, 0.25) is 0 Å². The van der Waals surface area contributed by atoms with Crippen molar-refractivity contribution in [2.45, 2.75) is 32.7 Å². The van der Waals surface area contributed by atoms with Gasteiger partial charge in [0.05, 0.1) is 6.61 Å². The molecular formula is C15H29IN6O. The van der Waals surface area contributed by atoms with Crippen molar-refractivity contribution < 1.29 is 4.74 Å². The lowest BCUT2D eigenvalue weighted by molar-refractivity contribution is 0.157. The van der Waals surface area contributed by atoms with Crippen LogP contribution in [0.15, 0.2) is 17.6 Å². The summed E-state index contributed by atoms with van der Waals surface area (Å²) in [6.45, 7) is 7.79. The number of nitrogens with zero attached hydrogens (tertiary/aromatic N) is 5. The Bertz CT molecular complexity index is 439. The number of nitrogens with one attached hydrogen (secondary N) is 1. The summed E-state index contributed by atoms with van der Waals surface area (Å²) >= 11 is 0. The zero-order chi connectivity index (χ0) is 15.6. The quantitative estimate of drug-likeness (QED) is 0.290. The van der Waals surface area contributed by atoms with Crippen LogP contribution < -0.4 is 5.32 Å². The summed E-state index contributed by atoms with van der Waals surface area (Å²) in [6, 6.07) is 0. The number of methoxy groups -OCH3 is 1. The molecule has 8 heteroatoms. The molecule has 132 valence electrons. The number of guanidine groups is 1. The first kappa shape index (κ1) is 20.1. The largest absolute Gasteiger partial charge is 0.384 e. The van der Waals surface area contributed by atoms with E-state index in [0.717, 1.165) is 58.1 Å². The second kappa shape index (κ2) is 11.6. The van der Waals surface area contributed by atoms with E-state index in [0.29, 0.717) is 5.92 Å². The highest BCUT2D eigenvalue weighted by Gasteiger charge is 2.24. The minimum atomic E-state index is 0. The van der Waals surface area contributed by atoms with Crippen LogP contribution in [0.2, 0.25) is 0 Å². The fourth-order valence-electron chi connectivity index (χ4n) is 2.75. The molecule has 2 rings (SSSR count). The van der Waals surface area contributed by atoms with Crippen LogP contribution in [-0.2, 0) is 11.3 Å². The zero-order valence-corrected chi connectivity index (χ0v) is 16.5. The predicted octanol–water partition coefficient (Wildman–Crippen LogP) is 1.61. The zero-order valence-electron chi connectivity index (χ0n) is 14.1. The van der Waals surface area contributed by atoms with E-state index in [4.69, 9.17) is 9.73 Å². The van der Waals surface area contributed by atoms with Crippen LogP contribution in [0.5, 0.6) is 0 Å². The molecule has 2 heterocycles. The summed E-state index contributed by atoms with van der Waals surface area (Å²) in [6.07, 6.45) is 6.86. The molecule has 0 radical (unpaired) electrons. The first-order valence-electron chi connectivity index (χ1n) is 8.18. The SMILES string of the molecule is CCNC(=NCCCCn1cnnc1)N1CCC(COC)C1.I. The van der Waals surface area contributed by atoms with E-state index in [2.05, 4.69) is 27.3 Å². The van der Waals surface area contributed by atoms with Crippen molar-refractivity contribution in [3.05, 3.63) is 12.7 Å². The van der Waals surface area contributed by atoms with Gasteiger partial charge in [-0.05, 0) is 26.2 Å². The lowest BCUT2D eigenvalue weighted by Gasteiger charge is -2.21. The monoisotopic (exact) mass is 436 g/mol. The van der Waals surface area contributed by atoms with Crippen LogP contribution in [0, 0.1) is 5.92 Å². The van der Waals surface area contributed by atoms with Crippen LogP contribution >= 0.6 is 24.0 Å². The number of hydrogen-bond acceptors (Lipinski definition) is 4. The molecule has 1 aliphatic rings. The Kier molecular flexibility index (Phi) is 10.2. The number of aliphatic imine (C=N–C) groups is 1. The highest BCUT2D eigenvalue weighted by Crippen LogP contribution is 2.16. The first-order valence-corrected chi connectivity index (χ1v) is 8.18. The summed E-state index contributed by atoms with van der Waals surface area (Å²) in [4.78, 5) is 7.11. The Morgan fingerprint density at radius 1 is 1.35 bits per heavy atom. The smallest absolute Gasteiger partial charge is 0.193 e. The summed E-state index contributed by atoms with van der Waals surface area (Å²) in [7, 11) is 1.78. The normalized spacial score (nSPS) is 18.1. The molecule has 1 atom stereocenters. The molecule has 1 aromatic rings. The molecule has 0 aliphatic carbocycles. The number of rotatable bonds is 8. The summed E-state index contributed by atoms with van der Waals surface area (Å²) in [5.41, 5.74) is 0. The maximum atomic E-state index is 5.26. The van der Waals surface area contributed by atoms with E-state index in [1.807, 2.05) is 4.57 Å². The Labute approximate surface area is 155 Å². The van der Waals surface area contributed by atoms with Crippen LogP contribution in [0.3, 0.4) is 0 Å². The molecule has 1 fully saturated rings. The number of halogens is 1. The van der Waals surface area contributed by atoms with Crippen LogP contribution in [-0.4, -0.2) is 65.5 Å². The van der Waals surface area contributed by atoms with Crippen LogP contribution in [0.25, 0.3) is 0 Å². The van der Waals surface area contributed by atoms with Crippen molar-refractivity contribution in [3.8, 4) is 0 Å². The molecule has 1 N–H and O–H groups in total. The number of hydrogen-bond donors (Lipinski definition) is 1. The van der Waals surface area contributed by atoms with E-state index < -0.39 is 0 Å². The molecular weight excluding hydrogens is 407 g/mol. The molecule has 0 amide bonds. The van der Waals surface area contributed by atoms with Gasteiger partial charge in [0.25, 0.3) is 0 Å². The molecule has 7 nitrogen and oxygen atoms in total. The molecule has 1 aliphatic heterocycles. The Morgan fingerprint density at radius 3 is 2.83 bits per heavy atom. The molecule has 23 heavy (non-hydrogen) atoms. The van der Waals surface area contributed by atoms with Gasteiger partial charge in [-0.1, -0.05) is 0 Å². The van der Waals surface area contributed by atoms with Gasteiger partial charge in [-0.25, -0.2) is 0 Å². The van der Waals surface area contributed by atoms with E-state index in [1.54, 1.807) is 19.8 Å². The van der Waals surface area contributed by atoms with E-state index >= 15 is 0 Å². The highest BCUT2D eigenvalue weighted by atomic mass is 127. The van der Waals surface area contributed by atoms with Crippen molar-refractivity contribution in [3.63, 3.8) is 0 Å². The minimum Gasteiger partial charge on any atom is -0.384 e. The number of unbranched alkanes of at least 4 members (excludes halogenated alkanes) is 1. The third-order valence-electron chi connectivity index (χ3n) is 3.88. The standard InChI is InChI=1S/C15H28N6O.HI/c1-3-16-15(21-9-6-14(10-21)11-22-2)17-7-4-5-8-20-12-18-19-13-20;/h12-14H,3-11H2,1-2H3,(H,16,17);1H. The minimum absolute atomic E-state index is 0. The maximum absolute atomic E-state index is 5.26. The Morgan fingerprint density at radius 2 is 2.13 bits per heavy atom. The number of likely N-dealkylation sites (tertiary alicyclic amines) is 1. The molecule has 0 bridgehead atoms. The Hall–Kier alpha value is -0.900. The van der Waals surface area contributed by atoms with Gasteiger partial charge in [-0.2, -0.15) is 0 Å². The van der Waals surface area contributed by atoms with Gasteiger partial charge < -0.3 is 19.5 Å². The molecule has 0 spiro atoms. The number of aryl methyl sites for hydroxylation is 1. The number of aromatic nitrogens is 3. The van der Waals surface area contributed by atoms with Crippen molar-refractivity contribution in [2.24, 2.45) is 10.9 Å². The van der Waals surface area contributed by atoms with Crippen molar-refractivity contribution in [1.82, 2.24) is 25.0 Å². The lowest BCUT2D eigenvalue weighted by Crippen LogP contribution is -2.40. The van der Waals surface area contributed by atoms with Crippen LogP contribution in [0.1, 0.15) is 26.2 Å². The second-order valence-corrected chi connectivity index (χ2v) is 5.70. The predicted molar refractivity (Wildman–Crippen MR) is 102 cm³/mol. The lowest BCUT2D eigenvalue weighted by atomic mass is 10.1. The third kappa shape index (κ3) is 7.03. The summed E-state index contributed by atoms with van der Waals surface area (Å²) in [5.74, 6) is 1.67. The molecule has 0 aromatic carbocycles. The first-order chi connectivity index (χ1) is 10.8. The van der Waals surface area contributed by atoms with Gasteiger partial charge >= 0.3 is 0 Å². The van der Waals surface area contributed by atoms with E-state index in [9.17, 15) is 0 Å². The van der Waals surface area contributed by atoms with Gasteiger partial charge in [-0.15, -0.1) is 34.2 Å². The van der Waals surface area contributed by atoms with Crippen molar-refractivity contribution in [2.75, 3.05) is 39.9 Å². The third-order valence-corrected chi connectivity index (χ3v) is 3.88. The van der Waals surface area contributed by atoms with Gasteiger partial charge in [0.1, 0.15) is 12.7 Å². The van der Waals surface area contributed by atoms with E-state index in [-0.39, 0.29) is 24.0 Å². The summed E-state index contributed by atoms with van der Waals surface area (Å²) in [5, 5.41) is 11.0. The fraction of sp³-hybridized carbons (Fsp3) is 0.800. The highest BCUT2D eigenvalue weighted by molar-refractivity contribution is 14.0. The molecule has 1 unspecified atom stereocenters.